The van der Waals surface area contributed by atoms with E-state index in [4.69, 9.17) is 16.3 Å². The van der Waals surface area contributed by atoms with Crippen LogP contribution >= 0.6 is 27.5 Å². The van der Waals surface area contributed by atoms with Crippen molar-refractivity contribution in [2.45, 2.75) is 12.5 Å². The number of β-amino-alcohol motifs (C(OH)–C–C–N with tert-alkyl or cyclic N) is 1. The van der Waals surface area contributed by atoms with E-state index in [1.54, 1.807) is 6.07 Å². The van der Waals surface area contributed by atoms with E-state index in [2.05, 4.69) is 20.8 Å². The van der Waals surface area contributed by atoms with Crippen LogP contribution in [-0.4, -0.2) is 42.4 Å². The van der Waals surface area contributed by atoms with E-state index in [9.17, 15) is 5.11 Å². The lowest BCUT2D eigenvalue weighted by Gasteiger charge is -2.15. The van der Waals surface area contributed by atoms with Crippen molar-refractivity contribution in [1.29, 1.82) is 0 Å². The average Bonchev–Trinajstić information content (AvgIpc) is 2.68. The molecule has 94 valence electrons. The number of halogens is 2. The summed E-state index contributed by atoms with van der Waals surface area (Å²) in [7, 11) is 0. The highest BCUT2D eigenvalue weighted by Crippen LogP contribution is 2.27. The van der Waals surface area contributed by atoms with Gasteiger partial charge in [-0.25, -0.2) is 0 Å². The van der Waals surface area contributed by atoms with Gasteiger partial charge in [-0.3, -0.25) is 4.90 Å². The smallest absolute Gasteiger partial charge is 0.133 e. The molecule has 1 aliphatic heterocycles. The third kappa shape index (κ3) is 3.85. The molecule has 1 N–H and O–H groups in total. The second-order valence-electron chi connectivity index (χ2n) is 4.17. The number of benzene rings is 1. The second kappa shape index (κ2) is 6.05. The van der Waals surface area contributed by atoms with Gasteiger partial charge in [-0.05, 0) is 40.5 Å². The molecule has 0 unspecified atom stereocenters. The van der Waals surface area contributed by atoms with Gasteiger partial charge in [0, 0.05) is 24.7 Å². The van der Waals surface area contributed by atoms with Crippen LogP contribution in [0.25, 0.3) is 0 Å². The van der Waals surface area contributed by atoms with Gasteiger partial charge in [0.05, 0.1) is 10.6 Å². The molecule has 0 amide bonds. The first kappa shape index (κ1) is 13.1. The lowest BCUT2D eigenvalue weighted by atomic mass is 10.3. The molecule has 3 nitrogen and oxygen atoms in total. The molecule has 0 bridgehead atoms. The molecule has 2 rings (SSSR count). The quantitative estimate of drug-likeness (QED) is 0.925. The van der Waals surface area contributed by atoms with Crippen molar-refractivity contribution >= 4 is 27.5 Å². The fraction of sp³-hybridized carbons (Fsp3) is 0.500. The lowest BCUT2D eigenvalue weighted by Crippen LogP contribution is -2.27. The van der Waals surface area contributed by atoms with Gasteiger partial charge in [0.2, 0.25) is 0 Å². The zero-order valence-electron chi connectivity index (χ0n) is 9.40. The van der Waals surface area contributed by atoms with Crippen molar-refractivity contribution in [3.8, 4) is 5.75 Å². The monoisotopic (exact) mass is 319 g/mol. The molecule has 1 saturated heterocycles. The molecule has 0 radical (unpaired) electrons. The Morgan fingerprint density at radius 3 is 3.00 bits per heavy atom. The Morgan fingerprint density at radius 2 is 2.35 bits per heavy atom. The van der Waals surface area contributed by atoms with Gasteiger partial charge in [0.1, 0.15) is 12.4 Å². The van der Waals surface area contributed by atoms with Crippen LogP contribution in [0, 0.1) is 0 Å². The standard InChI is InChI=1S/C12H15BrClNO2/c13-11-7-9(14)1-2-12(11)17-6-5-15-4-3-10(16)8-15/h1-2,7,10,16H,3-6,8H2/t10-/m0/s1. The van der Waals surface area contributed by atoms with E-state index >= 15 is 0 Å². The predicted octanol–water partition coefficient (Wildman–Crippen LogP) is 2.55. The summed E-state index contributed by atoms with van der Waals surface area (Å²) in [4.78, 5) is 2.20. The van der Waals surface area contributed by atoms with Crippen molar-refractivity contribution < 1.29 is 9.84 Å². The van der Waals surface area contributed by atoms with Crippen LogP contribution in [0.2, 0.25) is 5.02 Å². The first-order chi connectivity index (χ1) is 8.15. The molecule has 0 saturated carbocycles. The van der Waals surface area contributed by atoms with Crippen LogP contribution in [0.5, 0.6) is 5.75 Å². The molecule has 1 aromatic carbocycles. The first-order valence-electron chi connectivity index (χ1n) is 5.63. The predicted molar refractivity (Wildman–Crippen MR) is 71.7 cm³/mol. The molecule has 0 spiro atoms. The molecule has 17 heavy (non-hydrogen) atoms. The van der Waals surface area contributed by atoms with Crippen molar-refractivity contribution in [3.05, 3.63) is 27.7 Å². The van der Waals surface area contributed by atoms with Crippen molar-refractivity contribution in [3.63, 3.8) is 0 Å². The number of aliphatic hydroxyl groups is 1. The van der Waals surface area contributed by atoms with E-state index in [0.29, 0.717) is 11.6 Å². The molecule has 1 aliphatic rings. The van der Waals surface area contributed by atoms with E-state index in [0.717, 1.165) is 36.3 Å². The SMILES string of the molecule is O[C@H]1CCN(CCOc2ccc(Cl)cc2Br)C1. The van der Waals surface area contributed by atoms with Gasteiger partial charge in [0.15, 0.2) is 0 Å². The van der Waals surface area contributed by atoms with E-state index < -0.39 is 0 Å². The molecule has 5 heteroatoms. The fourth-order valence-corrected chi connectivity index (χ4v) is 2.69. The highest BCUT2D eigenvalue weighted by molar-refractivity contribution is 9.10. The molecule has 0 aliphatic carbocycles. The van der Waals surface area contributed by atoms with Crippen LogP contribution in [0.15, 0.2) is 22.7 Å². The van der Waals surface area contributed by atoms with Crippen LogP contribution in [0.1, 0.15) is 6.42 Å². The lowest BCUT2D eigenvalue weighted by molar-refractivity contribution is 0.167. The van der Waals surface area contributed by atoms with Crippen molar-refractivity contribution in [1.82, 2.24) is 4.90 Å². The fourth-order valence-electron chi connectivity index (χ4n) is 1.89. The summed E-state index contributed by atoms with van der Waals surface area (Å²) in [6.45, 7) is 3.16. The number of likely N-dealkylation sites (tertiary alicyclic amines) is 1. The third-order valence-electron chi connectivity index (χ3n) is 2.81. The minimum absolute atomic E-state index is 0.169. The van der Waals surface area contributed by atoms with E-state index in [-0.39, 0.29) is 6.10 Å². The topological polar surface area (TPSA) is 32.7 Å². The average molecular weight is 321 g/mol. The Balaban J connectivity index is 1.78. The number of rotatable bonds is 4. The first-order valence-corrected chi connectivity index (χ1v) is 6.80. The second-order valence-corrected chi connectivity index (χ2v) is 5.46. The third-order valence-corrected chi connectivity index (χ3v) is 3.66. The highest BCUT2D eigenvalue weighted by atomic mass is 79.9. The number of hydrogen-bond donors (Lipinski definition) is 1. The van der Waals surface area contributed by atoms with Gasteiger partial charge in [-0.2, -0.15) is 0 Å². The minimum Gasteiger partial charge on any atom is -0.491 e. The molecule has 1 heterocycles. The molecule has 0 aromatic heterocycles. The van der Waals surface area contributed by atoms with Crippen molar-refractivity contribution in [2.24, 2.45) is 0 Å². The minimum atomic E-state index is -0.169. The highest BCUT2D eigenvalue weighted by Gasteiger charge is 2.19. The van der Waals surface area contributed by atoms with Crippen molar-refractivity contribution in [2.75, 3.05) is 26.2 Å². The zero-order valence-corrected chi connectivity index (χ0v) is 11.7. The summed E-state index contributed by atoms with van der Waals surface area (Å²) in [6, 6.07) is 5.48. The number of nitrogens with zero attached hydrogens (tertiary/aromatic N) is 1. The Hall–Kier alpha value is -0.290. The van der Waals surface area contributed by atoms with Crippen LogP contribution < -0.4 is 4.74 Å². The van der Waals surface area contributed by atoms with Gasteiger partial charge in [-0.1, -0.05) is 11.6 Å². The molecular formula is C12H15BrClNO2. The molecule has 1 atom stereocenters. The number of aliphatic hydroxyl groups excluding tert-OH is 1. The van der Waals surface area contributed by atoms with E-state index in [1.165, 1.54) is 0 Å². The summed E-state index contributed by atoms with van der Waals surface area (Å²) >= 11 is 9.26. The summed E-state index contributed by atoms with van der Waals surface area (Å²) in [5.74, 6) is 0.800. The Morgan fingerprint density at radius 1 is 1.53 bits per heavy atom. The Kier molecular flexibility index (Phi) is 4.68. The largest absolute Gasteiger partial charge is 0.491 e. The van der Waals surface area contributed by atoms with Crippen LogP contribution in [-0.2, 0) is 0 Å². The maximum Gasteiger partial charge on any atom is 0.133 e. The Bertz CT molecular complexity index is 389. The maximum absolute atomic E-state index is 9.39. The molecular weight excluding hydrogens is 305 g/mol. The molecule has 1 aromatic rings. The van der Waals surface area contributed by atoms with Gasteiger partial charge < -0.3 is 9.84 Å². The normalized spacial score (nSPS) is 20.8. The van der Waals surface area contributed by atoms with Crippen LogP contribution in [0.3, 0.4) is 0 Å². The summed E-state index contributed by atoms with van der Waals surface area (Å²) < 4.78 is 6.53. The van der Waals surface area contributed by atoms with Gasteiger partial charge in [-0.15, -0.1) is 0 Å². The maximum atomic E-state index is 9.39. The summed E-state index contributed by atoms with van der Waals surface area (Å²) in [6.07, 6.45) is 0.697. The zero-order chi connectivity index (χ0) is 12.3. The van der Waals surface area contributed by atoms with E-state index in [1.807, 2.05) is 12.1 Å². The Labute approximate surface area is 114 Å². The van der Waals surface area contributed by atoms with Gasteiger partial charge in [0.25, 0.3) is 0 Å². The number of ether oxygens (including phenoxy) is 1. The number of hydrogen-bond acceptors (Lipinski definition) is 3. The van der Waals surface area contributed by atoms with Gasteiger partial charge >= 0.3 is 0 Å². The summed E-state index contributed by atoms with van der Waals surface area (Å²) in [5, 5.41) is 10.1. The van der Waals surface area contributed by atoms with Crippen LogP contribution in [0.4, 0.5) is 0 Å². The summed E-state index contributed by atoms with van der Waals surface area (Å²) in [5.41, 5.74) is 0. The molecule has 1 fully saturated rings.